The summed E-state index contributed by atoms with van der Waals surface area (Å²) in [5.74, 6) is -0.304. The average Bonchev–Trinajstić information content (AvgIpc) is 2.67. The van der Waals surface area contributed by atoms with E-state index in [0.717, 1.165) is 32.0 Å². The van der Waals surface area contributed by atoms with E-state index in [-0.39, 0.29) is 5.92 Å². The first kappa shape index (κ1) is 10.5. The van der Waals surface area contributed by atoms with E-state index >= 15 is 0 Å². The van der Waals surface area contributed by atoms with E-state index in [0.29, 0.717) is 5.76 Å². The van der Waals surface area contributed by atoms with Gasteiger partial charge >= 0.3 is 6.18 Å². The summed E-state index contributed by atoms with van der Waals surface area (Å²) in [7, 11) is 0. The molecule has 0 saturated carbocycles. The molecule has 0 aromatic carbocycles. The van der Waals surface area contributed by atoms with Gasteiger partial charge in [0.1, 0.15) is 5.76 Å². The Balaban J connectivity index is 2.12. The fraction of sp³-hybridized carbons (Fsp3) is 0.600. The Morgan fingerprint density at radius 1 is 1.20 bits per heavy atom. The molecule has 1 aromatic rings. The van der Waals surface area contributed by atoms with Crippen LogP contribution in [-0.4, -0.2) is 13.1 Å². The maximum absolute atomic E-state index is 12.3. The number of rotatable bonds is 1. The summed E-state index contributed by atoms with van der Waals surface area (Å²) < 4.78 is 41.6. The molecular weight excluding hydrogens is 207 g/mol. The number of nitrogens with one attached hydrogen (secondary N) is 1. The lowest BCUT2D eigenvalue weighted by molar-refractivity contribution is -0.153. The molecule has 1 aliphatic rings. The topological polar surface area (TPSA) is 25.2 Å². The number of alkyl halides is 3. The van der Waals surface area contributed by atoms with Gasteiger partial charge < -0.3 is 9.73 Å². The molecule has 1 saturated heterocycles. The zero-order valence-electron chi connectivity index (χ0n) is 8.10. The lowest BCUT2D eigenvalue weighted by Crippen LogP contribution is -2.26. The predicted molar refractivity (Wildman–Crippen MR) is 48.6 cm³/mol. The van der Waals surface area contributed by atoms with Gasteiger partial charge in [-0.2, -0.15) is 13.2 Å². The summed E-state index contributed by atoms with van der Waals surface area (Å²) in [6.07, 6.45) is -2.69. The van der Waals surface area contributed by atoms with Crippen molar-refractivity contribution in [2.45, 2.75) is 24.9 Å². The Hall–Kier alpha value is -0.970. The molecule has 0 aliphatic carbocycles. The second-order valence-corrected chi connectivity index (χ2v) is 3.72. The molecule has 0 spiro atoms. The number of piperidine rings is 1. The molecule has 2 rings (SSSR count). The van der Waals surface area contributed by atoms with Gasteiger partial charge in [0.05, 0.1) is 0 Å². The molecule has 0 bridgehead atoms. The third-order valence-electron chi connectivity index (χ3n) is 2.65. The maximum atomic E-state index is 12.3. The number of halogens is 3. The fourth-order valence-corrected chi connectivity index (χ4v) is 1.83. The molecule has 2 nitrogen and oxygen atoms in total. The van der Waals surface area contributed by atoms with E-state index in [2.05, 4.69) is 5.32 Å². The van der Waals surface area contributed by atoms with Crippen LogP contribution >= 0.6 is 0 Å². The van der Waals surface area contributed by atoms with Crippen molar-refractivity contribution in [1.29, 1.82) is 0 Å². The van der Waals surface area contributed by atoms with Gasteiger partial charge in [0.25, 0.3) is 0 Å². The highest BCUT2D eigenvalue weighted by Crippen LogP contribution is 2.34. The van der Waals surface area contributed by atoms with Crippen LogP contribution in [0, 0.1) is 0 Å². The first-order valence-electron chi connectivity index (χ1n) is 4.95. The summed E-state index contributed by atoms with van der Waals surface area (Å²) in [6, 6.07) is 2.45. The van der Waals surface area contributed by atoms with Crippen LogP contribution in [0.4, 0.5) is 13.2 Å². The number of hydrogen-bond donors (Lipinski definition) is 1. The lowest BCUT2D eigenvalue weighted by Gasteiger charge is -2.20. The lowest BCUT2D eigenvalue weighted by atomic mass is 9.96. The maximum Gasteiger partial charge on any atom is 0.449 e. The standard InChI is InChI=1S/C10H12F3NO/c11-10(12,13)9-2-1-8(15-9)7-3-5-14-6-4-7/h1-2,7,14H,3-6H2. The first-order valence-corrected chi connectivity index (χ1v) is 4.95. The summed E-state index contributed by atoms with van der Waals surface area (Å²) in [5, 5.41) is 3.16. The Morgan fingerprint density at radius 2 is 1.87 bits per heavy atom. The van der Waals surface area contributed by atoms with Crippen LogP contribution in [0.25, 0.3) is 0 Å². The molecule has 84 valence electrons. The van der Waals surface area contributed by atoms with Gasteiger partial charge in [0, 0.05) is 5.92 Å². The molecule has 1 aromatic heterocycles. The van der Waals surface area contributed by atoms with Gasteiger partial charge in [-0.1, -0.05) is 0 Å². The van der Waals surface area contributed by atoms with Crippen molar-refractivity contribution in [2.24, 2.45) is 0 Å². The van der Waals surface area contributed by atoms with Crippen LogP contribution in [0.3, 0.4) is 0 Å². The zero-order chi connectivity index (χ0) is 10.9. The monoisotopic (exact) mass is 219 g/mol. The fourth-order valence-electron chi connectivity index (χ4n) is 1.83. The SMILES string of the molecule is FC(F)(F)c1ccc(C2CCNCC2)o1. The summed E-state index contributed by atoms with van der Waals surface area (Å²) in [5.41, 5.74) is 0. The van der Waals surface area contributed by atoms with E-state index in [1.807, 2.05) is 0 Å². The van der Waals surface area contributed by atoms with Gasteiger partial charge in [0.15, 0.2) is 0 Å². The van der Waals surface area contributed by atoms with Crippen molar-refractivity contribution in [1.82, 2.24) is 5.32 Å². The minimum absolute atomic E-state index is 0.127. The second-order valence-electron chi connectivity index (χ2n) is 3.72. The predicted octanol–water partition coefficient (Wildman–Crippen LogP) is 2.77. The quantitative estimate of drug-likeness (QED) is 0.785. The van der Waals surface area contributed by atoms with Crippen molar-refractivity contribution in [3.63, 3.8) is 0 Å². The molecule has 0 atom stereocenters. The van der Waals surface area contributed by atoms with Crippen LogP contribution in [0.1, 0.15) is 30.3 Å². The van der Waals surface area contributed by atoms with Crippen LogP contribution in [-0.2, 0) is 6.18 Å². The zero-order valence-corrected chi connectivity index (χ0v) is 8.10. The summed E-state index contributed by atoms with van der Waals surface area (Å²) in [6.45, 7) is 1.68. The largest absolute Gasteiger partial charge is 0.456 e. The molecule has 0 unspecified atom stereocenters. The van der Waals surface area contributed by atoms with Gasteiger partial charge in [-0.3, -0.25) is 0 Å². The molecule has 0 amide bonds. The van der Waals surface area contributed by atoms with E-state index in [1.165, 1.54) is 6.07 Å². The Bertz CT molecular complexity index is 326. The van der Waals surface area contributed by atoms with Crippen molar-refractivity contribution >= 4 is 0 Å². The molecule has 1 fully saturated rings. The Labute approximate surface area is 85.5 Å². The summed E-state index contributed by atoms with van der Waals surface area (Å²) in [4.78, 5) is 0. The third kappa shape index (κ3) is 2.34. The highest BCUT2D eigenvalue weighted by Gasteiger charge is 2.35. The first-order chi connectivity index (χ1) is 7.07. The highest BCUT2D eigenvalue weighted by atomic mass is 19.4. The van der Waals surface area contributed by atoms with E-state index in [1.54, 1.807) is 0 Å². The van der Waals surface area contributed by atoms with E-state index < -0.39 is 11.9 Å². The smallest absolute Gasteiger partial charge is 0.449 e. The van der Waals surface area contributed by atoms with E-state index in [9.17, 15) is 13.2 Å². The number of hydrogen-bond acceptors (Lipinski definition) is 2. The molecule has 1 N–H and O–H groups in total. The van der Waals surface area contributed by atoms with Crippen molar-refractivity contribution in [2.75, 3.05) is 13.1 Å². The Morgan fingerprint density at radius 3 is 2.40 bits per heavy atom. The van der Waals surface area contributed by atoms with Gasteiger partial charge in [-0.25, -0.2) is 0 Å². The molecule has 5 heteroatoms. The molecule has 15 heavy (non-hydrogen) atoms. The van der Waals surface area contributed by atoms with Crippen LogP contribution in [0.5, 0.6) is 0 Å². The minimum atomic E-state index is -4.37. The molecular formula is C10H12F3NO. The van der Waals surface area contributed by atoms with Crippen molar-refractivity contribution < 1.29 is 17.6 Å². The minimum Gasteiger partial charge on any atom is -0.456 e. The van der Waals surface area contributed by atoms with Crippen molar-refractivity contribution in [3.05, 3.63) is 23.7 Å². The van der Waals surface area contributed by atoms with Crippen LogP contribution < -0.4 is 5.32 Å². The molecule has 0 radical (unpaired) electrons. The van der Waals surface area contributed by atoms with Gasteiger partial charge in [-0.05, 0) is 38.1 Å². The molecule has 1 aliphatic heterocycles. The van der Waals surface area contributed by atoms with E-state index in [4.69, 9.17) is 4.42 Å². The second kappa shape index (κ2) is 3.89. The van der Waals surface area contributed by atoms with Crippen LogP contribution in [0.15, 0.2) is 16.5 Å². The average molecular weight is 219 g/mol. The van der Waals surface area contributed by atoms with Crippen molar-refractivity contribution in [3.8, 4) is 0 Å². The third-order valence-corrected chi connectivity index (χ3v) is 2.65. The van der Waals surface area contributed by atoms with Crippen LogP contribution in [0.2, 0.25) is 0 Å². The van der Waals surface area contributed by atoms with Gasteiger partial charge in [0.2, 0.25) is 5.76 Å². The number of furan rings is 1. The normalized spacial score (nSPS) is 19.4. The summed E-state index contributed by atoms with van der Waals surface area (Å²) >= 11 is 0. The highest BCUT2D eigenvalue weighted by molar-refractivity contribution is 5.14. The van der Waals surface area contributed by atoms with Gasteiger partial charge in [-0.15, -0.1) is 0 Å². The molecule has 2 heterocycles. The Kier molecular flexibility index (Phi) is 2.73.